The van der Waals surface area contributed by atoms with Gasteiger partial charge >= 0.3 is 5.97 Å². The normalized spacial score (nSPS) is 10.0. The average Bonchev–Trinajstić information content (AvgIpc) is 2.41. The van der Waals surface area contributed by atoms with Gasteiger partial charge in [-0.3, -0.25) is 14.4 Å². The molecule has 1 aromatic heterocycles. The lowest BCUT2D eigenvalue weighted by Gasteiger charge is -2.05. The van der Waals surface area contributed by atoms with E-state index in [2.05, 4.69) is 10.3 Å². The lowest BCUT2D eigenvalue weighted by Crippen LogP contribution is -2.22. The number of benzene rings is 1. The van der Waals surface area contributed by atoms with Crippen LogP contribution in [0.3, 0.4) is 0 Å². The summed E-state index contributed by atoms with van der Waals surface area (Å²) in [7, 11) is 0. The summed E-state index contributed by atoms with van der Waals surface area (Å²) in [5.41, 5.74) is 0.676. The highest BCUT2D eigenvalue weighted by molar-refractivity contribution is 6.03. The van der Waals surface area contributed by atoms with E-state index in [-0.39, 0.29) is 12.0 Å². The Kier molecular flexibility index (Phi) is 3.95. The molecular weight excluding hydrogens is 260 g/mol. The number of nitrogens with one attached hydrogen (secondary N) is 2. The fourth-order valence-corrected chi connectivity index (χ4v) is 1.68. The molecule has 0 spiro atoms. The Balaban J connectivity index is 2.11. The van der Waals surface area contributed by atoms with Crippen LogP contribution in [0.15, 0.2) is 47.4 Å². The molecule has 0 aliphatic rings. The number of carbonyl (C=O) groups is 2. The van der Waals surface area contributed by atoms with Crippen LogP contribution in [-0.4, -0.2) is 22.0 Å². The van der Waals surface area contributed by atoms with Crippen LogP contribution in [0.4, 0.5) is 5.69 Å². The van der Waals surface area contributed by atoms with Crippen LogP contribution in [0, 0.1) is 0 Å². The number of anilines is 1. The van der Waals surface area contributed by atoms with Crippen molar-refractivity contribution >= 4 is 17.6 Å². The molecule has 0 saturated heterocycles. The Morgan fingerprint density at radius 2 is 1.85 bits per heavy atom. The van der Waals surface area contributed by atoms with Crippen LogP contribution in [0.1, 0.15) is 15.9 Å². The molecule has 6 nitrogen and oxygen atoms in total. The SMILES string of the molecule is O=C(O)Cc1ccc(NC(=O)c2ccc[nH]c2=O)cc1. The number of carboxylic acid groups (broad SMARTS) is 1. The highest BCUT2D eigenvalue weighted by Crippen LogP contribution is 2.11. The molecule has 102 valence electrons. The first-order valence-electron chi connectivity index (χ1n) is 5.86. The summed E-state index contributed by atoms with van der Waals surface area (Å²) in [6, 6.07) is 9.39. The Bertz CT molecular complexity index is 689. The van der Waals surface area contributed by atoms with Crippen LogP contribution in [0.5, 0.6) is 0 Å². The molecule has 6 heteroatoms. The fraction of sp³-hybridized carbons (Fsp3) is 0.0714. The predicted octanol–water partition coefficient (Wildman–Crippen LogP) is 1.25. The quantitative estimate of drug-likeness (QED) is 0.780. The second-order valence-electron chi connectivity index (χ2n) is 4.13. The molecule has 0 bridgehead atoms. The first-order chi connectivity index (χ1) is 9.56. The van der Waals surface area contributed by atoms with E-state index in [4.69, 9.17) is 5.11 Å². The minimum absolute atomic E-state index is 0.0158. The van der Waals surface area contributed by atoms with Gasteiger partial charge in [-0.05, 0) is 29.8 Å². The number of aromatic nitrogens is 1. The minimum atomic E-state index is -0.919. The Morgan fingerprint density at radius 1 is 1.15 bits per heavy atom. The van der Waals surface area contributed by atoms with Crippen molar-refractivity contribution in [3.8, 4) is 0 Å². The van der Waals surface area contributed by atoms with Crippen molar-refractivity contribution in [2.45, 2.75) is 6.42 Å². The Labute approximate surface area is 114 Å². The van der Waals surface area contributed by atoms with Gasteiger partial charge in [-0.15, -0.1) is 0 Å². The third-order valence-corrected chi connectivity index (χ3v) is 2.63. The van der Waals surface area contributed by atoms with E-state index < -0.39 is 17.4 Å². The van der Waals surface area contributed by atoms with Crippen molar-refractivity contribution in [1.29, 1.82) is 0 Å². The smallest absolute Gasteiger partial charge is 0.307 e. The minimum Gasteiger partial charge on any atom is -0.481 e. The van der Waals surface area contributed by atoms with E-state index in [0.717, 1.165) is 0 Å². The van der Waals surface area contributed by atoms with Crippen molar-refractivity contribution in [3.05, 3.63) is 64.1 Å². The highest BCUT2D eigenvalue weighted by Gasteiger charge is 2.09. The molecule has 0 unspecified atom stereocenters. The van der Waals surface area contributed by atoms with E-state index >= 15 is 0 Å². The third-order valence-electron chi connectivity index (χ3n) is 2.63. The second kappa shape index (κ2) is 5.83. The van der Waals surface area contributed by atoms with Gasteiger partial charge in [0.05, 0.1) is 6.42 Å². The molecule has 0 radical (unpaired) electrons. The van der Waals surface area contributed by atoms with E-state index in [1.165, 1.54) is 12.3 Å². The first kappa shape index (κ1) is 13.5. The van der Waals surface area contributed by atoms with Gasteiger partial charge in [0.25, 0.3) is 11.5 Å². The predicted molar refractivity (Wildman–Crippen MR) is 72.8 cm³/mol. The average molecular weight is 272 g/mol. The zero-order valence-corrected chi connectivity index (χ0v) is 10.4. The molecular formula is C14H12N2O4. The monoisotopic (exact) mass is 272 g/mol. The number of aliphatic carboxylic acids is 1. The molecule has 2 rings (SSSR count). The lowest BCUT2D eigenvalue weighted by molar-refractivity contribution is -0.136. The van der Waals surface area contributed by atoms with Crippen LogP contribution >= 0.6 is 0 Å². The van der Waals surface area contributed by atoms with Crippen LogP contribution in [0.2, 0.25) is 0 Å². The van der Waals surface area contributed by atoms with Gasteiger partial charge in [0.15, 0.2) is 0 Å². The molecule has 0 aliphatic heterocycles. The fourth-order valence-electron chi connectivity index (χ4n) is 1.68. The van der Waals surface area contributed by atoms with Gasteiger partial charge in [-0.2, -0.15) is 0 Å². The number of amides is 1. The zero-order valence-electron chi connectivity index (χ0n) is 10.4. The summed E-state index contributed by atoms with van der Waals surface area (Å²) in [6.45, 7) is 0. The number of carbonyl (C=O) groups excluding carboxylic acids is 1. The van der Waals surface area contributed by atoms with Gasteiger partial charge in [0.1, 0.15) is 5.56 Å². The molecule has 3 N–H and O–H groups in total. The maximum atomic E-state index is 11.9. The molecule has 1 amide bonds. The Morgan fingerprint density at radius 3 is 2.45 bits per heavy atom. The summed E-state index contributed by atoms with van der Waals surface area (Å²) in [6.07, 6.45) is 1.37. The number of pyridine rings is 1. The van der Waals surface area contributed by atoms with Crippen LogP contribution < -0.4 is 10.9 Å². The maximum absolute atomic E-state index is 11.9. The van der Waals surface area contributed by atoms with Crippen molar-refractivity contribution < 1.29 is 14.7 Å². The first-order valence-corrected chi connectivity index (χ1v) is 5.86. The lowest BCUT2D eigenvalue weighted by atomic mass is 10.1. The van der Waals surface area contributed by atoms with Gasteiger partial charge < -0.3 is 15.4 Å². The number of carboxylic acids is 1. The molecule has 0 aliphatic carbocycles. The number of aromatic amines is 1. The van der Waals surface area contributed by atoms with E-state index in [1.54, 1.807) is 30.3 Å². The number of hydrogen-bond donors (Lipinski definition) is 3. The summed E-state index contributed by atoms with van der Waals surface area (Å²) in [5, 5.41) is 11.2. The third kappa shape index (κ3) is 3.32. The number of hydrogen-bond acceptors (Lipinski definition) is 3. The summed E-state index contributed by atoms with van der Waals surface area (Å²) in [4.78, 5) is 36.3. The highest BCUT2D eigenvalue weighted by atomic mass is 16.4. The van der Waals surface area contributed by atoms with E-state index in [0.29, 0.717) is 11.3 Å². The van der Waals surface area contributed by atoms with Crippen molar-refractivity contribution in [1.82, 2.24) is 4.98 Å². The molecule has 0 saturated carbocycles. The topological polar surface area (TPSA) is 99.3 Å². The summed E-state index contributed by atoms with van der Waals surface area (Å²) >= 11 is 0. The number of H-pyrrole nitrogens is 1. The number of rotatable bonds is 4. The Hall–Kier alpha value is -2.89. The molecule has 2 aromatic rings. The standard InChI is InChI=1S/C14H12N2O4/c17-12(18)8-9-3-5-10(6-4-9)16-14(20)11-2-1-7-15-13(11)19/h1-7H,8H2,(H,15,19)(H,16,20)(H,17,18). The van der Waals surface area contributed by atoms with Gasteiger partial charge in [0.2, 0.25) is 0 Å². The molecule has 0 fully saturated rings. The molecule has 20 heavy (non-hydrogen) atoms. The van der Waals surface area contributed by atoms with E-state index in [9.17, 15) is 14.4 Å². The van der Waals surface area contributed by atoms with Crippen molar-refractivity contribution in [2.24, 2.45) is 0 Å². The van der Waals surface area contributed by atoms with Crippen molar-refractivity contribution in [2.75, 3.05) is 5.32 Å². The molecule has 1 aromatic carbocycles. The van der Waals surface area contributed by atoms with Crippen molar-refractivity contribution in [3.63, 3.8) is 0 Å². The molecule has 0 atom stereocenters. The van der Waals surface area contributed by atoms with Crippen LogP contribution in [-0.2, 0) is 11.2 Å². The maximum Gasteiger partial charge on any atom is 0.307 e. The summed E-state index contributed by atoms with van der Waals surface area (Å²) in [5.74, 6) is -1.43. The van der Waals surface area contributed by atoms with E-state index in [1.807, 2.05) is 0 Å². The second-order valence-corrected chi connectivity index (χ2v) is 4.13. The van der Waals surface area contributed by atoms with Crippen LogP contribution in [0.25, 0.3) is 0 Å². The molecule has 1 heterocycles. The summed E-state index contributed by atoms with van der Waals surface area (Å²) < 4.78 is 0. The van der Waals surface area contributed by atoms with Gasteiger partial charge in [-0.25, -0.2) is 0 Å². The largest absolute Gasteiger partial charge is 0.481 e. The van der Waals surface area contributed by atoms with Gasteiger partial charge in [0, 0.05) is 11.9 Å². The zero-order chi connectivity index (χ0) is 14.5. The van der Waals surface area contributed by atoms with Gasteiger partial charge in [-0.1, -0.05) is 12.1 Å².